The molecule has 1 aliphatic rings. The summed E-state index contributed by atoms with van der Waals surface area (Å²) in [5.41, 5.74) is 12.1. The summed E-state index contributed by atoms with van der Waals surface area (Å²) in [6.07, 6.45) is 30.6. The van der Waals surface area contributed by atoms with E-state index in [4.69, 9.17) is 52.1 Å². The number of rotatable bonds is 50. The third-order valence-electron chi connectivity index (χ3n) is 17.2. The molecule has 0 unspecified atom stereocenters. The van der Waals surface area contributed by atoms with E-state index < -0.39 is 41.8 Å². The van der Waals surface area contributed by atoms with Crippen LogP contribution in [0.25, 0.3) is 0 Å². The van der Waals surface area contributed by atoms with Gasteiger partial charge in [-0.25, -0.2) is 33.6 Å². The molecule has 0 spiro atoms. The van der Waals surface area contributed by atoms with Gasteiger partial charge in [0.1, 0.15) is 23.0 Å². The van der Waals surface area contributed by atoms with Crippen LogP contribution in [-0.2, 0) is 118 Å². The van der Waals surface area contributed by atoms with Crippen molar-refractivity contribution >= 4 is 41.8 Å². The standard InChI is InChI=1S/C85H116O18/c1-9-17-21-25-33-63-51-67-59-69-53-64(34-26-22-18-10-2)55-71(83(69)101-48-30-44-97-79(90)40-37-76(87)93-14-6)61-73-57-66(36-28-24-20-12-4)58-74(85(73)103-50-32-46-99-81(92)42-39-78(89)95-16-8)62-72-56-65(35-27-23-19-11-3)54-70(60-68(52-63)82(67)100-47-29-43-96-75(86)13-5)84(72)102-49-31-45-98-80(91)41-38-77(88)94-15-7/h13,37-42,51-58H,5,9-12,14-36,43-50,59-62H2,1-4,6-8H3/b40-37-,41-38-,42-39-. The number of carbonyl (C=O) groups is 7. The molecule has 0 N–H and O–H groups in total. The zero-order chi connectivity index (χ0) is 74.2. The van der Waals surface area contributed by atoms with Gasteiger partial charge in [-0.15, -0.1) is 0 Å². The summed E-state index contributed by atoms with van der Waals surface area (Å²) in [7, 11) is 0. The Balaban J connectivity index is 1.87. The zero-order valence-corrected chi connectivity index (χ0v) is 62.8. The minimum absolute atomic E-state index is 0.0120. The van der Waals surface area contributed by atoms with Gasteiger partial charge in [0.25, 0.3) is 0 Å². The van der Waals surface area contributed by atoms with Gasteiger partial charge in [0.2, 0.25) is 0 Å². The maximum absolute atomic E-state index is 12.9. The van der Waals surface area contributed by atoms with Crippen molar-refractivity contribution in [2.24, 2.45) is 0 Å². The molecule has 0 saturated carbocycles. The molecule has 0 atom stereocenters. The largest absolute Gasteiger partial charge is 0.493 e. The first-order chi connectivity index (χ1) is 50.1. The lowest BCUT2D eigenvalue weighted by Gasteiger charge is -2.25. The van der Waals surface area contributed by atoms with E-state index in [9.17, 15) is 33.6 Å². The van der Waals surface area contributed by atoms with Crippen LogP contribution in [0, 0.1) is 0 Å². The van der Waals surface area contributed by atoms with E-state index in [1.807, 2.05) is 0 Å². The third kappa shape index (κ3) is 33.1. The smallest absolute Gasteiger partial charge is 0.331 e. The number of hydrogen-bond acceptors (Lipinski definition) is 18. The first-order valence-electron chi connectivity index (χ1n) is 38.1. The van der Waals surface area contributed by atoms with E-state index in [2.05, 4.69) is 82.8 Å². The van der Waals surface area contributed by atoms with Crippen LogP contribution in [0.15, 0.2) is 97.6 Å². The van der Waals surface area contributed by atoms with Gasteiger partial charge in [-0.1, -0.05) is 160 Å². The average molecular weight is 1430 g/mol. The van der Waals surface area contributed by atoms with Gasteiger partial charge < -0.3 is 52.1 Å². The first-order valence-corrected chi connectivity index (χ1v) is 38.1. The van der Waals surface area contributed by atoms with Crippen LogP contribution in [0.3, 0.4) is 0 Å². The van der Waals surface area contributed by atoms with Gasteiger partial charge >= 0.3 is 41.8 Å². The lowest BCUT2D eigenvalue weighted by molar-refractivity contribution is -0.140. The van der Waals surface area contributed by atoms with E-state index in [-0.39, 0.29) is 72.7 Å². The van der Waals surface area contributed by atoms with Crippen molar-refractivity contribution in [3.63, 3.8) is 0 Å². The van der Waals surface area contributed by atoms with Gasteiger partial charge in [0.15, 0.2) is 0 Å². The minimum Gasteiger partial charge on any atom is -0.493 e. The molecular formula is C85H116O18. The highest BCUT2D eigenvalue weighted by Gasteiger charge is 2.26. The fourth-order valence-corrected chi connectivity index (χ4v) is 12.3. The van der Waals surface area contributed by atoms with E-state index in [1.54, 1.807) is 20.8 Å². The molecule has 0 amide bonds. The van der Waals surface area contributed by atoms with E-state index in [0.29, 0.717) is 74.4 Å². The highest BCUT2D eigenvalue weighted by atomic mass is 16.6. The number of ether oxygens (including phenoxy) is 11. The quantitative estimate of drug-likeness (QED) is 0.0153. The fraction of sp³-hybridized carbons (Fsp3) is 0.541. The number of aryl methyl sites for hydroxylation is 4. The third-order valence-corrected chi connectivity index (χ3v) is 17.2. The van der Waals surface area contributed by atoms with E-state index >= 15 is 0 Å². The Bertz CT molecular complexity index is 3230. The van der Waals surface area contributed by atoms with Gasteiger partial charge in [0, 0.05) is 93.9 Å². The highest BCUT2D eigenvalue weighted by Crippen LogP contribution is 2.42. The summed E-state index contributed by atoms with van der Waals surface area (Å²) in [6.45, 7) is 18.9. The first kappa shape index (κ1) is 85.0. The van der Waals surface area contributed by atoms with Crippen molar-refractivity contribution in [3.05, 3.63) is 164 Å². The second-order valence-corrected chi connectivity index (χ2v) is 25.9. The van der Waals surface area contributed by atoms with Crippen molar-refractivity contribution in [1.29, 1.82) is 0 Å². The molecule has 18 nitrogen and oxygen atoms in total. The number of unbranched alkanes of at least 4 members (excludes halogenated alkanes) is 12. The predicted molar refractivity (Wildman–Crippen MR) is 400 cm³/mol. The molecule has 8 bridgehead atoms. The second kappa shape index (κ2) is 50.7. The Labute approximate surface area is 612 Å². The average Bonchev–Trinajstić information content (AvgIpc) is 0.775. The van der Waals surface area contributed by atoms with Crippen molar-refractivity contribution < 1.29 is 85.7 Å². The topological polar surface area (TPSA) is 221 Å². The number of fused-ring (bicyclic) bond motifs is 8. The Kier molecular flexibility index (Phi) is 41.8. The number of hydrogen-bond donors (Lipinski definition) is 0. The molecule has 103 heavy (non-hydrogen) atoms. The molecule has 564 valence electrons. The molecule has 5 rings (SSSR count). The lowest BCUT2D eigenvalue weighted by atomic mass is 9.87. The normalized spacial score (nSPS) is 11.9. The minimum atomic E-state index is -0.682. The Hall–Kier alpha value is -8.67. The summed E-state index contributed by atoms with van der Waals surface area (Å²) in [4.78, 5) is 87.3. The van der Waals surface area contributed by atoms with Gasteiger partial charge in [-0.2, -0.15) is 0 Å². The predicted octanol–water partition coefficient (Wildman–Crippen LogP) is 16.6. The van der Waals surface area contributed by atoms with E-state index in [0.717, 1.165) is 238 Å². The number of esters is 7. The number of carbonyl (C=O) groups excluding carboxylic acids is 7. The van der Waals surface area contributed by atoms with Crippen molar-refractivity contribution in [1.82, 2.24) is 0 Å². The van der Waals surface area contributed by atoms with Gasteiger partial charge in [-0.3, -0.25) is 0 Å². The van der Waals surface area contributed by atoms with E-state index in [1.165, 1.54) is 0 Å². The van der Waals surface area contributed by atoms with Crippen LogP contribution in [0.4, 0.5) is 0 Å². The summed E-state index contributed by atoms with van der Waals surface area (Å²) in [5, 5.41) is 0. The molecule has 4 aromatic carbocycles. The Morgan fingerprint density at radius 1 is 0.272 bits per heavy atom. The zero-order valence-electron chi connectivity index (χ0n) is 62.8. The summed E-state index contributed by atoms with van der Waals surface area (Å²) in [6, 6.07) is 18.2. The Morgan fingerprint density at radius 3 is 0.670 bits per heavy atom. The van der Waals surface area contributed by atoms with Crippen LogP contribution in [0.1, 0.15) is 244 Å². The van der Waals surface area contributed by atoms with Crippen LogP contribution < -0.4 is 18.9 Å². The molecule has 0 radical (unpaired) electrons. The van der Waals surface area contributed by atoms with Gasteiger partial charge in [0.05, 0.1) is 72.7 Å². The SMILES string of the molecule is C=CC(=O)OCCCOc1c2cc(CCCCCC)cc1Cc1cc(CCCCCC)cc(c1OCCCOC(=O)/C=C\C(=O)OCC)Cc1cc(CCCCCC)cc(c1OCCCOC(=O)/C=C\C(=O)OCC)Cc1cc(CCCCCC)cc(c1OCCCOC(=O)/C=C\C(=O)OCC)C2. The molecule has 0 aromatic heterocycles. The molecule has 0 fully saturated rings. The number of benzene rings is 4. The highest BCUT2D eigenvalue weighted by molar-refractivity contribution is 5.93. The molecule has 1 aliphatic carbocycles. The monoisotopic (exact) mass is 1420 g/mol. The molecule has 0 saturated heterocycles. The molecule has 18 heteroatoms. The summed E-state index contributed by atoms with van der Waals surface area (Å²) >= 11 is 0. The van der Waals surface area contributed by atoms with Crippen molar-refractivity contribution in [2.75, 3.05) is 72.7 Å². The maximum atomic E-state index is 12.9. The summed E-state index contributed by atoms with van der Waals surface area (Å²) in [5.74, 6) is -1.71. The van der Waals surface area contributed by atoms with Gasteiger partial charge in [-0.05, 0) is 139 Å². The lowest BCUT2D eigenvalue weighted by Crippen LogP contribution is -2.14. The Morgan fingerprint density at radius 2 is 0.476 bits per heavy atom. The van der Waals surface area contributed by atoms with Crippen LogP contribution in [0.5, 0.6) is 23.0 Å². The maximum Gasteiger partial charge on any atom is 0.331 e. The van der Waals surface area contributed by atoms with Crippen LogP contribution in [0.2, 0.25) is 0 Å². The molecule has 4 aromatic rings. The molecular weight excluding hydrogens is 1310 g/mol. The van der Waals surface area contributed by atoms with Crippen molar-refractivity contribution in [3.8, 4) is 23.0 Å². The summed E-state index contributed by atoms with van der Waals surface area (Å²) < 4.78 is 65.8. The van der Waals surface area contributed by atoms with Crippen LogP contribution in [-0.4, -0.2) is 114 Å². The molecule has 0 aliphatic heterocycles. The fourth-order valence-electron chi connectivity index (χ4n) is 12.3. The molecule has 0 heterocycles. The second-order valence-electron chi connectivity index (χ2n) is 25.9. The van der Waals surface area contributed by atoms with Crippen LogP contribution >= 0.6 is 0 Å². The van der Waals surface area contributed by atoms with Crippen molar-refractivity contribution in [2.45, 2.75) is 228 Å².